The molecular formula is C11H17NO. The zero-order chi connectivity index (χ0) is 9.10. The van der Waals surface area contributed by atoms with Crippen LogP contribution in [0.5, 0.6) is 0 Å². The molecule has 1 aliphatic heterocycles. The number of aliphatic hydroxyl groups excluding tert-OH is 1. The number of hydrogen-bond donors (Lipinski definition) is 2. The SMILES string of the molecule is OC1=CC=CNC1C1CCCCC1. The van der Waals surface area contributed by atoms with Gasteiger partial charge in [0.15, 0.2) is 0 Å². The summed E-state index contributed by atoms with van der Waals surface area (Å²) in [4.78, 5) is 0. The minimum absolute atomic E-state index is 0.185. The van der Waals surface area contributed by atoms with Gasteiger partial charge in [-0.25, -0.2) is 0 Å². The predicted molar refractivity (Wildman–Crippen MR) is 53.4 cm³/mol. The molecule has 2 nitrogen and oxygen atoms in total. The van der Waals surface area contributed by atoms with E-state index >= 15 is 0 Å². The Balaban J connectivity index is 1.99. The van der Waals surface area contributed by atoms with Crippen LogP contribution in [0.25, 0.3) is 0 Å². The number of allylic oxidation sites excluding steroid dienone is 2. The molecule has 0 amide bonds. The Hall–Kier alpha value is -0.920. The van der Waals surface area contributed by atoms with Gasteiger partial charge in [0.05, 0.1) is 6.04 Å². The first-order valence-corrected chi connectivity index (χ1v) is 5.19. The Bertz CT molecular complexity index is 226. The van der Waals surface area contributed by atoms with Crippen LogP contribution in [-0.2, 0) is 0 Å². The smallest absolute Gasteiger partial charge is 0.115 e. The van der Waals surface area contributed by atoms with Crippen molar-refractivity contribution >= 4 is 0 Å². The van der Waals surface area contributed by atoms with Crippen LogP contribution < -0.4 is 5.32 Å². The first-order valence-electron chi connectivity index (χ1n) is 5.19. The van der Waals surface area contributed by atoms with Gasteiger partial charge in [-0.2, -0.15) is 0 Å². The van der Waals surface area contributed by atoms with E-state index < -0.39 is 0 Å². The standard InChI is InChI=1S/C11H17NO/c13-10-7-4-8-12-11(10)9-5-2-1-3-6-9/h4,7-9,11-13H,1-3,5-6H2. The summed E-state index contributed by atoms with van der Waals surface area (Å²) in [6.45, 7) is 0. The van der Waals surface area contributed by atoms with Gasteiger partial charge in [0.25, 0.3) is 0 Å². The summed E-state index contributed by atoms with van der Waals surface area (Å²) in [5.41, 5.74) is 0. The summed E-state index contributed by atoms with van der Waals surface area (Å²) in [7, 11) is 0. The molecular weight excluding hydrogens is 162 g/mol. The third kappa shape index (κ3) is 1.87. The highest BCUT2D eigenvalue weighted by Gasteiger charge is 2.26. The lowest BCUT2D eigenvalue weighted by atomic mass is 9.82. The van der Waals surface area contributed by atoms with E-state index in [4.69, 9.17) is 0 Å². The number of hydrogen-bond acceptors (Lipinski definition) is 2. The van der Waals surface area contributed by atoms with Crippen LogP contribution in [0.4, 0.5) is 0 Å². The van der Waals surface area contributed by atoms with Gasteiger partial charge in [-0.05, 0) is 37.1 Å². The average molecular weight is 179 g/mol. The van der Waals surface area contributed by atoms with Crippen molar-refractivity contribution < 1.29 is 5.11 Å². The largest absolute Gasteiger partial charge is 0.510 e. The van der Waals surface area contributed by atoms with Crippen molar-refractivity contribution in [3.05, 3.63) is 24.1 Å². The van der Waals surface area contributed by atoms with E-state index in [0.717, 1.165) is 0 Å². The van der Waals surface area contributed by atoms with Gasteiger partial charge >= 0.3 is 0 Å². The van der Waals surface area contributed by atoms with Crippen LogP contribution >= 0.6 is 0 Å². The second kappa shape index (κ2) is 3.86. The highest BCUT2D eigenvalue weighted by Crippen LogP contribution is 2.29. The van der Waals surface area contributed by atoms with E-state index in [1.165, 1.54) is 32.1 Å². The number of nitrogens with one attached hydrogen (secondary N) is 1. The maximum absolute atomic E-state index is 9.67. The van der Waals surface area contributed by atoms with Gasteiger partial charge < -0.3 is 10.4 Å². The zero-order valence-corrected chi connectivity index (χ0v) is 7.87. The van der Waals surface area contributed by atoms with Crippen LogP contribution in [-0.4, -0.2) is 11.1 Å². The van der Waals surface area contributed by atoms with Crippen LogP contribution in [0, 0.1) is 5.92 Å². The molecule has 2 rings (SSSR count). The van der Waals surface area contributed by atoms with Crippen LogP contribution in [0.2, 0.25) is 0 Å². The zero-order valence-electron chi connectivity index (χ0n) is 7.87. The molecule has 1 saturated carbocycles. The first-order chi connectivity index (χ1) is 6.38. The summed E-state index contributed by atoms with van der Waals surface area (Å²) in [5.74, 6) is 1.14. The fraction of sp³-hybridized carbons (Fsp3) is 0.636. The van der Waals surface area contributed by atoms with E-state index in [1.54, 1.807) is 6.08 Å². The van der Waals surface area contributed by atoms with Gasteiger partial charge in [0.2, 0.25) is 0 Å². The Morgan fingerprint density at radius 1 is 1.23 bits per heavy atom. The lowest BCUT2D eigenvalue weighted by Gasteiger charge is -2.31. The molecule has 0 aromatic carbocycles. The quantitative estimate of drug-likeness (QED) is 0.648. The minimum atomic E-state index is 0.185. The van der Waals surface area contributed by atoms with Crippen molar-refractivity contribution in [2.24, 2.45) is 5.92 Å². The molecule has 2 N–H and O–H groups in total. The Morgan fingerprint density at radius 3 is 2.69 bits per heavy atom. The number of aliphatic hydroxyl groups is 1. The van der Waals surface area contributed by atoms with Crippen molar-refractivity contribution in [2.45, 2.75) is 38.1 Å². The van der Waals surface area contributed by atoms with E-state index in [0.29, 0.717) is 11.7 Å². The van der Waals surface area contributed by atoms with Crippen molar-refractivity contribution in [3.8, 4) is 0 Å². The molecule has 1 unspecified atom stereocenters. The van der Waals surface area contributed by atoms with Crippen LogP contribution in [0.1, 0.15) is 32.1 Å². The van der Waals surface area contributed by atoms with Gasteiger partial charge in [-0.15, -0.1) is 0 Å². The third-order valence-electron chi connectivity index (χ3n) is 3.08. The molecule has 72 valence electrons. The Morgan fingerprint density at radius 2 is 2.00 bits per heavy atom. The van der Waals surface area contributed by atoms with E-state index in [2.05, 4.69) is 5.32 Å². The molecule has 1 fully saturated rings. The summed E-state index contributed by atoms with van der Waals surface area (Å²) in [6.07, 6.45) is 12.1. The summed E-state index contributed by atoms with van der Waals surface area (Å²) >= 11 is 0. The van der Waals surface area contributed by atoms with Gasteiger partial charge in [-0.1, -0.05) is 19.3 Å². The molecule has 0 aromatic rings. The molecule has 0 radical (unpaired) electrons. The monoisotopic (exact) mass is 179 g/mol. The maximum atomic E-state index is 9.67. The molecule has 1 aliphatic carbocycles. The van der Waals surface area contributed by atoms with Crippen LogP contribution in [0.3, 0.4) is 0 Å². The minimum Gasteiger partial charge on any atom is -0.510 e. The van der Waals surface area contributed by atoms with Crippen molar-refractivity contribution in [2.75, 3.05) is 0 Å². The third-order valence-corrected chi connectivity index (χ3v) is 3.08. The van der Waals surface area contributed by atoms with E-state index in [-0.39, 0.29) is 6.04 Å². The fourth-order valence-electron chi connectivity index (χ4n) is 2.34. The molecule has 0 saturated heterocycles. The van der Waals surface area contributed by atoms with Gasteiger partial charge in [0.1, 0.15) is 5.76 Å². The highest BCUT2D eigenvalue weighted by atomic mass is 16.3. The molecule has 0 bridgehead atoms. The van der Waals surface area contributed by atoms with Gasteiger partial charge in [-0.3, -0.25) is 0 Å². The fourth-order valence-corrected chi connectivity index (χ4v) is 2.34. The molecule has 2 heteroatoms. The number of rotatable bonds is 1. The molecule has 13 heavy (non-hydrogen) atoms. The van der Waals surface area contributed by atoms with E-state index in [1.807, 2.05) is 12.3 Å². The second-order valence-corrected chi connectivity index (χ2v) is 3.99. The van der Waals surface area contributed by atoms with Crippen molar-refractivity contribution in [3.63, 3.8) is 0 Å². The average Bonchev–Trinajstić information content (AvgIpc) is 2.20. The molecule has 0 aromatic heterocycles. The van der Waals surface area contributed by atoms with E-state index in [9.17, 15) is 5.11 Å². The van der Waals surface area contributed by atoms with Gasteiger partial charge in [0, 0.05) is 0 Å². The first kappa shape index (κ1) is 8.67. The summed E-state index contributed by atoms with van der Waals surface area (Å²) in [5, 5.41) is 12.9. The lowest BCUT2D eigenvalue weighted by molar-refractivity contribution is 0.243. The molecule has 1 heterocycles. The predicted octanol–water partition coefficient (Wildman–Crippen LogP) is 2.49. The summed E-state index contributed by atoms with van der Waals surface area (Å²) < 4.78 is 0. The van der Waals surface area contributed by atoms with Crippen molar-refractivity contribution in [1.82, 2.24) is 5.32 Å². The summed E-state index contributed by atoms with van der Waals surface area (Å²) in [6, 6.07) is 0.185. The Labute approximate surface area is 79.3 Å². The molecule has 2 aliphatic rings. The lowest BCUT2D eigenvalue weighted by Crippen LogP contribution is -2.37. The van der Waals surface area contributed by atoms with Crippen molar-refractivity contribution in [1.29, 1.82) is 0 Å². The molecule has 1 atom stereocenters. The number of dihydropyridines is 1. The normalized spacial score (nSPS) is 29.5. The highest BCUT2D eigenvalue weighted by molar-refractivity contribution is 5.18. The Kier molecular flexibility index (Phi) is 2.57. The second-order valence-electron chi connectivity index (χ2n) is 3.99. The maximum Gasteiger partial charge on any atom is 0.115 e. The van der Waals surface area contributed by atoms with Crippen LogP contribution in [0.15, 0.2) is 24.1 Å². The topological polar surface area (TPSA) is 32.3 Å². The molecule has 0 spiro atoms.